The average molecular weight is 362 g/mol. The number of hydrogen-bond acceptors (Lipinski definition) is 3. The van der Waals surface area contributed by atoms with Crippen LogP contribution in [0.15, 0.2) is 58.4 Å². The number of benzene rings is 2. The molecule has 138 valence electrons. The zero-order chi connectivity index (χ0) is 19.4. The molecule has 2 N–H and O–H groups in total. The summed E-state index contributed by atoms with van der Waals surface area (Å²) in [6.45, 7) is 5.83. The highest BCUT2D eigenvalue weighted by atomic mass is 16.2. The molecule has 2 aromatic carbocycles. The molecule has 0 aliphatic heterocycles. The summed E-state index contributed by atoms with van der Waals surface area (Å²) < 4.78 is 1.48. The Bertz CT molecular complexity index is 1050. The normalized spacial score (nSPS) is 11.1. The van der Waals surface area contributed by atoms with Gasteiger partial charge in [-0.1, -0.05) is 36.4 Å². The van der Waals surface area contributed by atoms with Gasteiger partial charge >= 0.3 is 0 Å². The fourth-order valence-corrected chi connectivity index (χ4v) is 2.75. The van der Waals surface area contributed by atoms with Gasteiger partial charge < -0.3 is 0 Å². The van der Waals surface area contributed by atoms with E-state index in [0.717, 1.165) is 22.4 Å². The molecule has 0 unspecified atom stereocenters. The van der Waals surface area contributed by atoms with Crippen molar-refractivity contribution in [3.63, 3.8) is 0 Å². The summed E-state index contributed by atoms with van der Waals surface area (Å²) in [7, 11) is 0. The third-order valence-corrected chi connectivity index (χ3v) is 4.46. The van der Waals surface area contributed by atoms with Crippen LogP contribution in [0.25, 0.3) is 5.69 Å². The molecule has 1 aromatic heterocycles. The lowest BCUT2D eigenvalue weighted by Gasteiger charge is -2.05. The van der Waals surface area contributed by atoms with E-state index in [1.54, 1.807) is 6.92 Å². The van der Waals surface area contributed by atoms with Gasteiger partial charge in [0.1, 0.15) is 0 Å². The van der Waals surface area contributed by atoms with E-state index in [-0.39, 0.29) is 17.9 Å². The molecule has 0 aliphatic carbocycles. The molecule has 1 amide bonds. The molecule has 0 aliphatic rings. The van der Waals surface area contributed by atoms with Crippen molar-refractivity contribution < 1.29 is 4.79 Å². The van der Waals surface area contributed by atoms with Gasteiger partial charge in [0.25, 0.3) is 5.56 Å². The standard InChI is InChI=1S/C21H22N4O2/c1-14-9-10-18(11-15(14)2)25-21(27)19(16(3)24-25)13-22-23-20(26)12-17-7-5-4-6-8-17/h4-11,13,24H,12H2,1-3H3,(H,23,26)/b22-13+. The first kappa shape index (κ1) is 18.4. The summed E-state index contributed by atoms with van der Waals surface area (Å²) >= 11 is 0. The van der Waals surface area contributed by atoms with Crippen molar-refractivity contribution in [1.82, 2.24) is 15.2 Å². The summed E-state index contributed by atoms with van der Waals surface area (Å²) in [6, 6.07) is 15.2. The highest BCUT2D eigenvalue weighted by Crippen LogP contribution is 2.12. The Balaban J connectivity index is 1.74. The van der Waals surface area contributed by atoms with Crippen molar-refractivity contribution in [2.45, 2.75) is 27.2 Å². The van der Waals surface area contributed by atoms with Gasteiger partial charge in [-0.25, -0.2) is 10.1 Å². The maximum atomic E-state index is 12.7. The molecule has 3 rings (SSSR count). The number of nitrogens with zero attached hydrogens (tertiary/aromatic N) is 2. The Kier molecular flexibility index (Phi) is 5.35. The van der Waals surface area contributed by atoms with Gasteiger partial charge in [0.05, 0.1) is 23.9 Å². The molecule has 0 bridgehead atoms. The van der Waals surface area contributed by atoms with Gasteiger partial charge in [-0.05, 0) is 49.6 Å². The van der Waals surface area contributed by atoms with Crippen LogP contribution in [0.1, 0.15) is 27.9 Å². The number of hydrogen-bond donors (Lipinski definition) is 2. The van der Waals surface area contributed by atoms with E-state index in [2.05, 4.69) is 15.6 Å². The molecule has 27 heavy (non-hydrogen) atoms. The summed E-state index contributed by atoms with van der Waals surface area (Å²) in [5.41, 5.74) is 7.28. The number of carbonyl (C=O) groups is 1. The molecule has 0 atom stereocenters. The van der Waals surface area contributed by atoms with E-state index >= 15 is 0 Å². The number of rotatable bonds is 5. The Morgan fingerprint density at radius 1 is 1.11 bits per heavy atom. The first-order valence-corrected chi connectivity index (χ1v) is 8.71. The Morgan fingerprint density at radius 3 is 2.56 bits per heavy atom. The third kappa shape index (κ3) is 4.23. The van der Waals surface area contributed by atoms with Crippen molar-refractivity contribution in [2.24, 2.45) is 5.10 Å². The maximum Gasteiger partial charge on any atom is 0.280 e. The number of aryl methyl sites for hydroxylation is 3. The highest BCUT2D eigenvalue weighted by Gasteiger charge is 2.11. The van der Waals surface area contributed by atoms with Crippen LogP contribution in [0.3, 0.4) is 0 Å². The van der Waals surface area contributed by atoms with Crippen LogP contribution in [-0.4, -0.2) is 21.9 Å². The quantitative estimate of drug-likeness (QED) is 0.541. The first-order chi connectivity index (χ1) is 13.0. The van der Waals surface area contributed by atoms with Gasteiger partial charge in [-0.15, -0.1) is 0 Å². The number of amides is 1. The molecule has 6 heteroatoms. The molecule has 0 radical (unpaired) electrons. The largest absolute Gasteiger partial charge is 0.295 e. The zero-order valence-corrected chi connectivity index (χ0v) is 15.6. The number of carbonyl (C=O) groups excluding carboxylic acids is 1. The van der Waals surface area contributed by atoms with Gasteiger partial charge in [0.2, 0.25) is 5.91 Å². The second-order valence-electron chi connectivity index (χ2n) is 6.52. The summed E-state index contributed by atoms with van der Waals surface area (Å²) in [4.78, 5) is 24.6. The smallest absolute Gasteiger partial charge is 0.280 e. The second-order valence-corrected chi connectivity index (χ2v) is 6.52. The van der Waals surface area contributed by atoms with Crippen LogP contribution < -0.4 is 11.0 Å². The van der Waals surface area contributed by atoms with E-state index in [9.17, 15) is 9.59 Å². The summed E-state index contributed by atoms with van der Waals surface area (Å²) in [5, 5.41) is 6.99. The Labute approximate surface area is 157 Å². The van der Waals surface area contributed by atoms with Crippen molar-refractivity contribution in [3.05, 3.63) is 86.8 Å². The van der Waals surface area contributed by atoms with Crippen LogP contribution in [0.5, 0.6) is 0 Å². The monoisotopic (exact) mass is 362 g/mol. The van der Waals surface area contributed by atoms with Gasteiger partial charge in [0.15, 0.2) is 0 Å². The van der Waals surface area contributed by atoms with Crippen LogP contribution in [0.2, 0.25) is 0 Å². The van der Waals surface area contributed by atoms with E-state index < -0.39 is 0 Å². The SMILES string of the molecule is Cc1ccc(-n2[nH]c(C)c(/C=N/NC(=O)Cc3ccccc3)c2=O)cc1C. The summed E-state index contributed by atoms with van der Waals surface area (Å²) in [5.74, 6) is -0.236. The van der Waals surface area contributed by atoms with Crippen molar-refractivity contribution in [3.8, 4) is 5.69 Å². The average Bonchev–Trinajstić information content (AvgIpc) is 2.93. The van der Waals surface area contributed by atoms with Gasteiger partial charge in [0, 0.05) is 5.69 Å². The molecule has 1 heterocycles. The minimum absolute atomic E-state index is 0.211. The fraction of sp³-hybridized carbons (Fsp3) is 0.190. The van der Waals surface area contributed by atoms with Crippen molar-refractivity contribution >= 4 is 12.1 Å². The third-order valence-electron chi connectivity index (χ3n) is 4.46. The first-order valence-electron chi connectivity index (χ1n) is 8.71. The molecule has 3 aromatic rings. The predicted octanol–water partition coefficient (Wildman–Crippen LogP) is 2.78. The maximum absolute atomic E-state index is 12.7. The van der Waals surface area contributed by atoms with Gasteiger partial charge in [-0.2, -0.15) is 5.10 Å². The van der Waals surface area contributed by atoms with Gasteiger partial charge in [-0.3, -0.25) is 14.7 Å². The van der Waals surface area contributed by atoms with Crippen molar-refractivity contribution in [1.29, 1.82) is 0 Å². The molecule has 0 spiro atoms. The minimum atomic E-state index is -0.236. The zero-order valence-electron chi connectivity index (χ0n) is 15.6. The predicted molar refractivity (Wildman–Crippen MR) is 106 cm³/mol. The molecule has 0 saturated carbocycles. The number of aromatic amines is 1. The second kappa shape index (κ2) is 7.86. The lowest BCUT2D eigenvalue weighted by Crippen LogP contribution is -2.21. The van der Waals surface area contributed by atoms with E-state index in [0.29, 0.717) is 11.3 Å². The topological polar surface area (TPSA) is 79.2 Å². The summed E-state index contributed by atoms with van der Waals surface area (Å²) in [6.07, 6.45) is 1.62. The Morgan fingerprint density at radius 2 is 1.85 bits per heavy atom. The number of aromatic nitrogens is 2. The fourth-order valence-electron chi connectivity index (χ4n) is 2.75. The molecular weight excluding hydrogens is 340 g/mol. The molecule has 0 fully saturated rings. The van der Waals surface area contributed by atoms with Crippen LogP contribution in [0.4, 0.5) is 0 Å². The van der Waals surface area contributed by atoms with Crippen LogP contribution in [0, 0.1) is 20.8 Å². The highest BCUT2D eigenvalue weighted by molar-refractivity contribution is 5.84. The minimum Gasteiger partial charge on any atom is -0.295 e. The lowest BCUT2D eigenvalue weighted by molar-refractivity contribution is -0.120. The number of nitrogens with one attached hydrogen (secondary N) is 2. The van der Waals surface area contributed by atoms with E-state index in [1.807, 2.05) is 62.4 Å². The molecule has 6 nitrogen and oxygen atoms in total. The van der Waals surface area contributed by atoms with Crippen LogP contribution in [-0.2, 0) is 11.2 Å². The number of H-pyrrole nitrogens is 1. The van der Waals surface area contributed by atoms with Crippen molar-refractivity contribution in [2.75, 3.05) is 0 Å². The lowest BCUT2D eigenvalue weighted by atomic mass is 10.1. The van der Waals surface area contributed by atoms with E-state index in [4.69, 9.17) is 0 Å². The Hall–Kier alpha value is -3.41. The van der Waals surface area contributed by atoms with Crippen LogP contribution >= 0.6 is 0 Å². The molecule has 0 saturated heterocycles. The molecular formula is C21H22N4O2. The van der Waals surface area contributed by atoms with E-state index in [1.165, 1.54) is 10.9 Å². The number of hydrazone groups is 1.